The van der Waals surface area contributed by atoms with Gasteiger partial charge >= 0.3 is 0 Å². The van der Waals surface area contributed by atoms with Gasteiger partial charge in [0.2, 0.25) is 0 Å². The lowest BCUT2D eigenvalue weighted by Gasteiger charge is -2.10. The van der Waals surface area contributed by atoms with Gasteiger partial charge in [-0.1, -0.05) is 6.07 Å². The van der Waals surface area contributed by atoms with Crippen LogP contribution in [0.2, 0.25) is 0 Å². The highest BCUT2D eigenvalue weighted by molar-refractivity contribution is 7.84. The maximum absolute atomic E-state index is 13.2. The third-order valence-electron chi connectivity index (χ3n) is 2.31. The van der Waals surface area contributed by atoms with E-state index >= 15 is 0 Å². The quantitative estimate of drug-likeness (QED) is 0.892. The van der Waals surface area contributed by atoms with Crippen molar-refractivity contribution in [2.75, 3.05) is 12.8 Å². The number of halogens is 2. The molecule has 2 atom stereocenters. The first-order chi connectivity index (χ1) is 7.93. The van der Waals surface area contributed by atoms with Crippen molar-refractivity contribution in [1.29, 1.82) is 0 Å². The molecule has 1 N–H and O–H groups in total. The molecule has 0 saturated carbocycles. The van der Waals surface area contributed by atoms with Crippen molar-refractivity contribution in [3.8, 4) is 0 Å². The number of hydrogen-bond donors (Lipinski definition) is 1. The summed E-state index contributed by atoms with van der Waals surface area (Å²) in [5, 5.41) is 2.17. The highest BCUT2D eigenvalue weighted by Crippen LogP contribution is 2.11. The Balaban J connectivity index is 2.71. The summed E-state index contributed by atoms with van der Waals surface area (Å²) in [5.41, 5.74) is -0.348. The summed E-state index contributed by atoms with van der Waals surface area (Å²) in [6.07, 6.45) is 1.51. The molecule has 0 heterocycles. The fourth-order valence-corrected chi connectivity index (χ4v) is 1.45. The van der Waals surface area contributed by atoms with Crippen LogP contribution in [0.1, 0.15) is 17.3 Å². The average Bonchev–Trinajstić information content (AvgIpc) is 2.29. The molecule has 0 bridgehead atoms. The van der Waals surface area contributed by atoms with Crippen molar-refractivity contribution in [3.63, 3.8) is 0 Å². The van der Waals surface area contributed by atoms with Crippen molar-refractivity contribution in [2.45, 2.75) is 12.2 Å². The smallest absolute Gasteiger partial charge is 0.254 e. The van der Waals surface area contributed by atoms with Gasteiger partial charge in [0.25, 0.3) is 5.91 Å². The van der Waals surface area contributed by atoms with E-state index in [1.165, 1.54) is 18.4 Å². The minimum Gasteiger partial charge on any atom is -0.351 e. The summed E-state index contributed by atoms with van der Waals surface area (Å²) in [4.78, 5) is 11.5. The van der Waals surface area contributed by atoms with E-state index in [9.17, 15) is 17.8 Å². The fraction of sp³-hybridized carbons (Fsp3) is 0.364. The molecule has 0 fully saturated rings. The maximum Gasteiger partial charge on any atom is 0.254 e. The number of benzene rings is 1. The van der Waals surface area contributed by atoms with E-state index in [-0.39, 0.29) is 17.4 Å². The Hall–Kier alpha value is -1.30. The molecule has 0 aliphatic rings. The number of hydrogen-bond acceptors (Lipinski definition) is 2. The number of carbonyl (C=O) groups excluding carboxylic acids is 1. The van der Waals surface area contributed by atoms with Crippen LogP contribution in [0.4, 0.5) is 8.78 Å². The monoisotopic (exact) mass is 261 g/mol. The van der Waals surface area contributed by atoms with Crippen molar-refractivity contribution in [2.24, 2.45) is 0 Å². The number of amides is 1. The second kappa shape index (κ2) is 5.86. The zero-order chi connectivity index (χ0) is 13.0. The molecular formula is C11H13F2NO2S. The van der Waals surface area contributed by atoms with Crippen LogP contribution < -0.4 is 5.32 Å². The molecule has 1 rings (SSSR count). The molecule has 1 amide bonds. The van der Waals surface area contributed by atoms with Gasteiger partial charge in [-0.2, -0.15) is 0 Å². The van der Waals surface area contributed by atoms with Crippen LogP contribution in [-0.4, -0.2) is 28.2 Å². The summed E-state index contributed by atoms with van der Waals surface area (Å²) in [6.45, 7) is 1.84. The van der Waals surface area contributed by atoms with Crippen molar-refractivity contribution < 1.29 is 17.8 Å². The molecule has 0 radical (unpaired) electrons. The van der Waals surface area contributed by atoms with Gasteiger partial charge in [-0.3, -0.25) is 9.00 Å². The van der Waals surface area contributed by atoms with Gasteiger partial charge in [-0.15, -0.1) is 0 Å². The van der Waals surface area contributed by atoms with E-state index in [4.69, 9.17) is 0 Å². The molecule has 1 aromatic carbocycles. The SMILES string of the molecule is CC(CNC(=O)c1cccc(F)c1F)S(C)=O. The number of rotatable bonds is 4. The lowest BCUT2D eigenvalue weighted by atomic mass is 10.2. The first-order valence-electron chi connectivity index (χ1n) is 4.98. The van der Waals surface area contributed by atoms with Crippen molar-refractivity contribution >= 4 is 16.7 Å². The normalized spacial score (nSPS) is 14.1. The third kappa shape index (κ3) is 3.59. The molecule has 2 unspecified atom stereocenters. The van der Waals surface area contributed by atoms with Gasteiger partial charge in [0.1, 0.15) is 0 Å². The predicted octanol–water partition coefficient (Wildman–Crippen LogP) is 1.46. The zero-order valence-electron chi connectivity index (χ0n) is 9.50. The molecular weight excluding hydrogens is 248 g/mol. The molecule has 0 aromatic heterocycles. The predicted molar refractivity (Wildman–Crippen MR) is 62.2 cm³/mol. The van der Waals surface area contributed by atoms with Crippen LogP contribution in [0.5, 0.6) is 0 Å². The van der Waals surface area contributed by atoms with Crippen LogP contribution in [0, 0.1) is 11.6 Å². The first-order valence-corrected chi connectivity index (χ1v) is 6.60. The van der Waals surface area contributed by atoms with Crippen LogP contribution in [0.25, 0.3) is 0 Å². The maximum atomic E-state index is 13.2. The van der Waals surface area contributed by atoms with Gasteiger partial charge in [-0.05, 0) is 19.1 Å². The third-order valence-corrected chi connectivity index (χ3v) is 3.61. The summed E-state index contributed by atoms with van der Waals surface area (Å²) < 4.78 is 37.1. The molecule has 0 saturated heterocycles. The van der Waals surface area contributed by atoms with Gasteiger partial charge in [0.15, 0.2) is 11.6 Å². The molecule has 3 nitrogen and oxygen atoms in total. The lowest BCUT2D eigenvalue weighted by molar-refractivity contribution is 0.0949. The Labute approximate surface area is 101 Å². The highest BCUT2D eigenvalue weighted by Gasteiger charge is 2.16. The molecule has 1 aromatic rings. The molecule has 17 heavy (non-hydrogen) atoms. The zero-order valence-corrected chi connectivity index (χ0v) is 10.3. The van der Waals surface area contributed by atoms with Crippen LogP contribution in [-0.2, 0) is 10.8 Å². The van der Waals surface area contributed by atoms with Gasteiger partial charge in [0, 0.05) is 28.9 Å². The van der Waals surface area contributed by atoms with E-state index in [2.05, 4.69) is 5.32 Å². The van der Waals surface area contributed by atoms with E-state index < -0.39 is 28.3 Å². The molecule has 0 spiro atoms. The second-order valence-corrected chi connectivity index (χ2v) is 5.42. The van der Waals surface area contributed by atoms with E-state index in [1.807, 2.05) is 0 Å². The Morgan fingerprint density at radius 3 is 2.71 bits per heavy atom. The summed E-state index contributed by atoms with van der Waals surface area (Å²) in [7, 11) is -1.08. The van der Waals surface area contributed by atoms with Gasteiger partial charge in [0.05, 0.1) is 5.56 Å². The first kappa shape index (κ1) is 13.8. The Bertz CT molecular complexity index is 451. The van der Waals surface area contributed by atoms with Gasteiger partial charge in [-0.25, -0.2) is 8.78 Å². The summed E-state index contributed by atoms with van der Waals surface area (Å²) in [5.74, 6) is -2.95. The fourth-order valence-electron chi connectivity index (χ4n) is 1.13. The lowest BCUT2D eigenvalue weighted by Crippen LogP contribution is -2.33. The van der Waals surface area contributed by atoms with Crippen LogP contribution in [0.3, 0.4) is 0 Å². The summed E-state index contributed by atoms with van der Waals surface area (Å²) >= 11 is 0. The van der Waals surface area contributed by atoms with E-state index in [0.717, 1.165) is 6.07 Å². The minimum absolute atomic E-state index is 0.151. The Morgan fingerprint density at radius 1 is 1.47 bits per heavy atom. The standard InChI is InChI=1S/C11H13F2NO2S/c1-7(17(2)16)6-14-11(15)8-4-3-5-9(12)10(8)13/h3-5,7H,6H2,1-2H3,(H,14,15). The van der Waals surface area contributed by atoms with E-state index in [0.29, 0.717) is 0 Å². The van der Waals surface area contributed by atoms with Crippen LogP contribution >= 0.6 is 0 Å². The molecule has 94 valence electrons. The van der Waals surface area contributed by atoms with Crippen molar-refractivity contribution in [1.82, 2.24) is 5.32 Å². The number of carbonyl (C=O) groups is 1. The molecule has 0 aliphatic carbocycles. The molecule has 6 heteroatoms. The molecule has 0 aliphatic heterocycles. The largest absolute Gasteiger partial charge is 0.351 e. The van der Waals surface area contributed by atoms with E-state index in [1.54, 1.807) is 6.92 Å². The van der Waals surface area contributed by atoms with Crippen molar-refractivity contribution in [3.05, 3.63) is 35.4 Å². The summed E-state index contributed by atoms with van der Waals surface area (Å²) in [6, 6.07) is 3.39. The minimum atomic E-state index is -1.17. The van der Waals surface area contributed by atoms with Gasteiger partial charge < -0.3 is 5.32 Å². The van der Waals surface area contributed by atoms with Crippen LogP contribution in [0.15, 0.2) is 18.2 Å². The second-order valence-electron chi connectivity index (χ2n) is 3.62. The topological polar surface area (TPSA) is 46.2 Å². The highest BCUT2D eigenvalue weighted by atomic mass is 32.2. The average molecular weight is 261 g/mol. The Kier molecular flexibility index (Phi) is 4.74. The number of nitrogens with one attached hydrogen (secondary N) is 1. The Morgan fingerprint density at radius 2 is 2.12 bits per heavy atom.